The van der Waals surface area contributed by atoms with Crippen molar-refractivity contribution in [2.45, 2.75) is 26.6 Å². The van der Waals surface area contributed by atoms with Gasteiger partial charge in [-0.05, 0) is 41.1 Å². The molecule has 0 aliphatic carbocycles. The molecule has 0 fully saturated rings. The highest BCUT2D eigenvalue weighted by Crippen LogP contribution is 2.29. The topological polar surface area (TPSA) is 109 Å². The highest BCUT2D eigenvalue weighted by atomic mass is 79.9. The smallest absolute Gasteiger partial charge is 0.263 e. The first kappa shape index (κ1) is 22.9. The van der Waals surface area contributed by atoms with Crippen molar-refractivity contribution in [3.63, 3.8) is 0 Å². The Hall–Kier alpha value is -3.31. The standard InChI is InChI=1S/C22H22BrN7O2S/c1-2-30(22-25-11-19(33-22)21(31)24-12-20-26-28-29-27-20)13-16-10-17(23)8-9-18(16)32-14-15-6-4-3-5-7-15/h3-11H,2,12-14H2,1H3,(H,24,31)(H,26,27,28,29). The fraction of sp³-hybridized carbons (Fsp3) is 0.227. The maximum atomic E-state index is 12.5. The van der Waals surface area contributed by atoms with Crippen LogP contribution in [0.3, 0.4) is 0 Å². The van der Waals surface area contributed by atoms with E-state index in [9.17, 15) is 4.79 Å². The van der Waals surface area contributed by atoms with Gasteiger partial charge in [0.2, 0.25) is 0 Å². The number of aromatic amines is 1. The van der Waals surface area contributed by atoms with Crippen LogP contribution in [0.4, 0.5) is 5.13 Å². The first-order valence-corrected chi connectivity index (χ1v) is 11.9. The van der Waals surface area contributed by atoms with Gasteiger partial charge in [-0.15, -0.1) is 5.10 Å². The van der Waals surface area contributed by atoms with Gasteiger partial charge in [0, 0.05) is 23.1 Å². The molecule has 0 radical (unpaired) electrons. The van der Waals surface area contributed by atoms with E-state index in [1.54, 1.807) is 6.20 Å². The average Bonchev–Trinajstić information content (AvgIpc) is 3.54. The first-order valence-electron chi connectivity index (χ1n) is 10.3. The van der Waals surface area contributed by atoms with Gasteiger partial charge in [-0.3, -0.25) is 4.79 Å². The van der Waals surface area contributed by atoms with Crippen molar-refractivity contribution >= 4 is 38.3 Å². The SMILES string of the molecule is CCN(Cc1cc(Br)ccc1OCc1ccccc1)c1ncc(C(=O)NCc2nnn[nH]2)s1. The lowest BCUT2D eigenvalue weighted by Crippen LogP contribution is -2.23. The predicted molar refractivity (Wildman–Crippen MR) is 129 cm³/mol. The van der Waals surface area contributed by atoms with E-state index in [0.29, 0.717) is 23.9 Å². The maximum absolute atomic E-state index is 12.5. The summed E-state index contributed by atoms with van der Waals surface area (Å²) in [4.78, 5) is 19.6. The lowest BCUT2D eigenvalue weighted by atomic mass is 10.2. The number of thiazole rings is 1. The number of H-pyrrole nitrogens is 1. The van der Waals surface area contributed by atoms with Crippen molar-refractivity contribution in [1.29, 1.82) is 0 Å². The van der Waals surface area contributed by atoms with Gasteiger partial charge in [-0.1, -0.05) is 57.6 Å². The van der Waals surface area contributed by atoms with Crippen LogP contribution >= 0.6 is 27.3 Å². The van der Waals surface area contributed by atoms with Crippen molar-refractivity contribution in [2.24, 2.45) is 0 Å². The van der Waals surface area contributed by atoms with Crippen molar-refractivity contribution in [3.05, 3.63) is 81.0 Å². The molecule has 0 bridgehead atoms. The van der Waals surface area contributed by atoms with Gasteiger partial charge in [0.15, 0.2) is 11.0 Å². The number of rotatable bonds is 10. The van der Waals surface area contributed by atoms with E-state index in [-0.39, 0.29) is 12.5 Å². The molecule has 0 spiro atoms. The summed E-state index contributed by atoms with van der Waals surface area (Å²) in [6.07, 6.45) is 1.59. The molecule has 0 atom stereocenters. The molecule has 11 heteroatoms. The Morgan fingerprint density at radius 3 is 2.85 bits per heavy atom. The number of aromatic nitrogens is 5. The average molecular weight is 528 g/mol. The molecule has 0 saturated carbocycles. The summed E-state index contributed by atoms with van der Waals surface area (Å²) < 4.78 is 7.10. The molecule has 0 saturated heterocycles. The number of carbonyl (C=O) groups excluding carboxylic acids is 1. The zero-order valence-electron chi connectivity index (χ0n) is 17.9. The molecule has 33 heavy (non-hydrogen) atoms. The number of nitrogens with zero attached hydrogens (tertiary/aromatic N) is 5. The molecule has 170 valence electrons. The van der Waals surface area contributed by atoms with Crippen LogP contribution in [0.25, 0.3) is 0 Å². The number of benzene rings is 2. The number of halogens is 1. The minimum Gasteiger partial charge on any atom is -0.489 e. The molecule has 2 aromatic carbocycles. The Morgan fingerprint density at radius 1 is 1.24 bits per heavy atom. The number of ether oxygens (including phenoxy) is 1. The van der Waals surface area contributed by atoms with Gasteiger partial charge >= 0.3 is 0 Å². The van der Waals surface area contributed by atoms with Crippen molar-refractivity contribution in [3.8, 4) is 5.75 Å². The van der Waals surface area contributed by atoms with Crippen LogP contribution in [-0.4, -0.2) is 38.1 Å². The van der Waals surface area contributed by atoms with E-state index in [0.717, 1.165) is 33.0 Å². The van der Waals surface area contributed by atoms with E-state index in [1.165, 1.54) is 11.3 Å². The van der Waals surface area contributed by atoms with Crippen molar-refractivity contribution in [2.75, 3.05) is 11.4 Å². The van der Waals surface area contributed by atoms with Crippen LogP contribution in [0.1, 0.15) is 33.5 Å². The van der Waals surface area contributed by atoms with Gasteiger partial charge in [0.25, 0.3) is 5.91 Å². The highest BCUT2D eigenvalue weighted by Gasteiger charge is 2.17. The summed E-state index contributed by atoms with van der Waals surface area (Å²) >= 11 is 4.90. The van der Waals surface area contributed by atoms with Crippen molar-refractivity contribution in [1.82, 2.24) is 30.9 Å². The monoisotopic (exact) mass is 527 g/mol. The van der Waals surface area contributed by atoms with E-state index in [2.05, 4.69) is 64.7 Å². The number of nitrogens with one attached hydrogen (secondary N) is 2. The molecular weight excluding hydrogens is 506 g/mol. The molecule has 4 rings (SSSR count). The molecule has 1 amide bonds. The molecule has 0 aliphatic rings. The Balaban J connectivity index is 1.44. The third-order valence-corrected chi connectivity index (χ3v) is 6.35. The first-order chi connectivity index (χ1) is 16.1. The van der Waals surface area contributed by atoms with Gasteiger partial charge in [0.1, 0.15) is 17.2 Å². The fourth-order valence-corrected chi connectivity index (χ4v) is 4.39. The molecule has 2 heterocycles. The van der Waals surface area contributed by atoms with Crippen LogP contribution < -0.4 is 15.0 Å². The maximum Gasteiger partial charge on any atom is 0.263 e. The quantitative estimate of drug-likeness (QED) is 0.321. The van der Waals surface area contributed by atoms with Gasteiger partial charge in [-0.2, -0.15) is 0 Å². The molecular formula is C22H22BrN7O2S. The lowest BCUT2D eigenvalue weighted by Gasteiger charge is -2.22. The molecule has 9 nitrogen and oxygen atoms in total. The largest absolute Gasteiger partial charge is 0.489 e. The summed E-state index contributed by atoms with van der Waals surface area (Å²) in [5.41, 5.74) is 2.14. The van der Waals surface area contributed by atoms with E-state index < -0.39 is 0 Å². The minimum atomic E-state index is -0.222. The van der Waals surface area contributed by atoms with Gasteiger partial charge in [-0.25, -0.2) is 10.1 Å². The second-order valence-corrected chi connectivity index (χ2v) is 9.00. The van der Waals surface area contributed by atoms with Crippen LogP contribution in [0.15, 0.2) is 59.2 Å². The molecule has 2 N–H and O–H groups in total. The van der Waals surface area contributed by atoms with E-state index in [4.69, 9.17) is 4.74 Å². The van der Waals surface area contributed by atoms with Crippen LogP contribution in [0.2, 0.25) is 0 Å². The molecule has 0 unspecified atom stereocenters. The number of hydrogen-bond acceptors (Lipinski definition) is 8. The van der Waals surface area contributed by atoms with Gasteiger partial charge < -0.3 is 15.0 Å². The second-order valence-electron chi connectivity index (χ2n) is 7.08. The Bertz CT molecular complexity index is 1180. The summed E-state index contributed by atoms with van der Waals surface area (Å²) in [6.45, 7) is 4.09. The highest BCUT2D eigenvalue weighted by molar-refractivity contribution is 9.10. The Labute approximate surface area is 203 Å². The third-order valence-electron chi connectivity index (χ3n) is 4.80. The summed E-state index contributed by atoms with van der Waals surface area (Å²) in [6, 6.07) is 16.1. The number of amides is 1. The number of tetrazole rings is 1. The number of hydrogen-bond donors (Lipinski definition) is 2. The fourth-order valence-electron chi connectivity index (χ4n) is 3.09. The lowest BCUT2D eigenvalue weighted by molar-refractivity contribution is 0.0953. The molecule has 2 aromatic heterocycles. The number of carbonyl (C=O) groups is 1. The third kappa shape index (κ3) is 6.14. The summed E-state index contributed by atoms with van der Waals surface area (Å²) in [7, 11) is 0. The summed E-state index contributed by atoms with van der Waals surface area (Å²) in [5.74, 6) is 1.08. The molecule has 4 aromatic rings. The predicted octanol–water partition coefficient (Wildman–Crippen LogP) is 3.95. The Kier molecular flexibility index (Phi) is 7.63. The summed E-state index contributed by atoms with van der Waals surface area (Å²) in [5, 5.41) is 16.9. The normalized spacial score (nSPS) is 10.7. The van der Waals surface area contributed by atoms with E-state index in [1.807, 2.05) is 42.5 Å². The van der Waals surface area contributed by atoms with Crippen molar-refractivity contribution < 1.29 is 9.53 Å². The van der Waals surface area contributed by atoms with Crippen LogP contribution in [0.5, 0.6) is 5.75 Å². The van der Waals surface area contributed by atoms with Crippen LogP contribution in [-0.2, 0) is 19.7 Å². The van der Waals surface area contributed by atoms with Crippen LogP contribution in [0, 0.1) is 0 Å². The molecule has 0 aliphatic heterocycles. The van der Waals surface area contributed by atoms with Gasteiger partial charge in [0.05, 0.1) is 12.7 Å². The number of anilines is 1. The zero-order chi connectivity index (χ0) is 23.0. The second kappa shape index (κ2) is 11.0. The van der Waals surface area contributed by atoms with E-state index >= 15 is 0 Å². The minimum absolute atomic E-state index is 0.219. The Morgan fingerprint density at radius 2 is 2.09 bits per heavy atom. The zero-order valence-corrected chi connectivity index (χ0v) is 20.3.